The lowest BCUT2D eigenvalue weighted by atomic mass is 9.55. The molecule has 116 heavy (non-hydrogen) atoms. The van der Waals surface area contributed by atoms with E-state index in [9.17, 15) is 20.4 Å². The zero-order chi connectivity index (χ0) is 77.8. The molecule has 10 N–H and O–H groups in total. The quantitative estimate of drug-likeness (QED) is 0.0824. The molecule has 4 aromatic carbocycles. The molecule has 16 fully saturated rings. The van der Waals surface area contributed by atoms with Crippen LogP contribution < -0.4 is 17.2 Å². The van der Waals surface area contributed by atoms with Crippen LogP contribution >= 0.6 is 0 Å². The van der Waals surface area contributed by atoms with Crippen LogP contribution in [0.3, 0.4) is 0 Å². The van der Waals surface area contributed by atoms with Crippen LogP contribution in [0.1, 0.15) is 179 Å². The second-order valence-corrected chi connectivity index (χ2v) is 43.2. The van der Waals surface area contributed by atoms with E-state index >= 15 is 0 Å². The van der Waals surface area contributed by atoms with E-state index in [1.807, 2.05) is 24.8 Å². The van der Waals surface area contributed by atoms with Gasteiger partial charge in [0.15, 0.2) is 0 Å². The van der Waals surface area contributed by atoms with Gasteiger partial charge in [-0.3, -0.25) is 24.7 Å². The Hall–Kier alpha value is -6.12. The Kier molecular flexibility index (Phi) is 14.5. The molecule has 6 saturated heterocycles. The number of nitrogens with zero attached hydrogens (tertiary/aromatic N) is 5. The topological polar surface area (TPSA) is 222 Å². The normalized spacial score (nSPS) is 50.2. The molecule has 604 valence electrons. The number of benzene rings is 4. The summed E-state index contributed by atoms with van der Waals surface area (Å²) >= 11 is 0. The minimum atomic E-state index is -1.07. The summed E-state index contributed by atoms with van der Waals surface area (Å²) in [6.45, 7) is 13.2. The van der Waals surface area contributed by atoms with Gasteiger partial charge in [0.1, 0.15) is 35.6 Å². The fourth-order valence-electron chi connectivity index (χ4n) is 33.5. The molecule has 30 atom stereocenters. The molecule has 0 amide bonds. The fraction of sp³-hybridized carbons (Fsp3) is 0.604. The van der Waals surface area contributed by atoms with E-state index < -0.39 is 47.3 Å². The van der Waals surface area contributed by atoms with Crippen molar-refractivity contribution in [1.29, 1.82) is 0 Å². The Balaban J connectivity index is 0.0000000952. The minimum Gasteiger partial charge on any atom is -0.388 e. The highest BCUT2D eigenvalue weighted by atomic mass is 16.6. The number of aliphatic hydroxyl groups excluding tert-OH is 4. The predicted molar refractivity (Wildman–Crippen MR) is 448 cm³/mol. The van der Waals surface area contributed by atoms with Crippen molar-refractivity contribution in [3.8, 4) is 0 Å². The molecule has 22 aliphatic rings. The molecule has 6 aromatic rings. The molecule has 6 spiro atoms. The Labute approximate surface area is 682 Å². The van der Waals surface area contributed by atoms with Gasteiger partial charge in [-0.1, -0.05) is 124 Å². The number of aliphatic hydroxyl groups is 4. The Morgan fingerprint density at radius 1 is 0.440 bits per heavy atom. The number of rotatable bonds is 6. The second kappa shape index (κ2) is 23.6. The van der Waals surface area contributed by atoms with Crippen LogP contribution in [0.4, 0.5) is 0 Å². The van der Waals surface area contributed by atoms with Crippen molar-refractivity contribution in [3.05, 3.63) is 202 Å². The number of ether oxygens (including phenoxy) is 3. The van der Waals surface area contributed by atoms with Crippen LogP contribution in [-0.4, -0.2) is 179 Å². The number of hydrogen-bond acceptors (Lipinski definition) is 15. The number of aromatic nitrogens is 2. The maximum atomic E-state index is 12.0. The summed E-state index contributed by atoms with van der Waals surface area (Å²) in [5.74, 6) is 5.19. The molecule has 10 saturated carbocycles. The monoisotopic (exact) mass is 1550 g/mol. The average molecular weight is 1560 g/mol. The van der Waals surface area contributed by atoms with Gasteiger partial charge < -0.3 is 51.8 Å². The fourth-order valence-corrected chi connectivity index (χ4v) is 33.5. The molecule has 6 unspecified atom stereocenters. The molecule has 11 heterocycles. The average Bonchev–Trinajstić information content (AvgIpc) is 1.49. The van der Waals surface area contributed by atoms with Crippen molar-refractivity contribution in [3.63, 3.8) is 0 Å². The highest BCUT2D eigenvalue weighted by Gasteiger charge is 2.83. The van der Waals surface area contributed by atoms with E-state index in [1.54, 1.807) is 16.7 Å². The zero-order valence-corrected chi connectivity index (χ0v) is 68.1. The van der Waals surface area contributed by atoms with Gasteiger partial charge in [-0.05, 0) is 301 Å². The standard InChI is InChI=1S/C34H39N3O.C34H40N2O4.C33H39N3O2/c1-31-7-4-23-13-28-26-15-27(26)29(37-11-6-25(35)19-37)17-32(28)8-9-34(23,38-32)30(31)14-24-16-33(24,31)22-3-2-20-5-10-36-18-21(20)12-22;1-31-10-8-22-15-25-28(37)29(38)27(36-13-9-24(35)18-36)30(39)34(25)12-11-33(22,40-34)26(31)16-23-17-32(23,31)21-7-6-19-4-2-3-5-20(19)14-21;1-30-9-6-24-15-23-4-5-27(36-13-8-26(34)19-36)29(37)33(23)11-10-32(24,38-33)28(30)16-25-17-31(25,30)22-3-2-20-7-12-35-18-21(20)14-22/h2-5,10,12-13,18,24-27,29-30H,6-9,11,14-17,19,35H2,1H3;2-8,14-15,23-24,26-30,37-39H,9-13,16-18,35H2,1H3;2-3,6-7,12,14-15,18,25-29,37H,4-5,8-11,13,16-17,19,34H2,1H3/t24-,25+,26-,27+,29-,30+,31-,32+,33-,34?;23-,24+,26+,27+,28?,29?,30?,31-,32-,33?,34-;25-,26+,27+,28+,29-,30-,31-,32?,33-/m000/s1. The van der Waals surface area contributed by atoms with Crippen molar-refractivity contribution in [2.45, 2.75) is 273 Å². The molecular weight excluding hydrogens is 1440 g/mol. The maximum Gasteiger partial charge on any atom is 0.121 e. The number of allylic oxidation sites excluding steroid dienone is 3. The van der Waals surface area contributed by atoms with Gasteiger partial charge in [0.05, 0.1) is 28.4 Å². The Bertz CT molecular complexity index is 5360. The van der Waals surface area contributed by atoms with Crippen LogP contribution in [0.25, 0.3) is 32.3 Å². The molecule has 2 aromatic heterocycles. The van der Waals surface area contributed by atoms with E-state index in [2.05, 4.69) is 173 Å². The summed E-state index contributed by atoms with van der Waals surface area (Å²) in [7, 11) is 0. The van der Waals surface area contributed by atoms with Crippen molar-refractivity contribution < 1.29 is 34.6 Å². The molecule has 9 aliphatic heterocycles. The van der Waals surface area contributed by atoms with Crippen LogP contribution in [0.15, 0.2) is 186 Å². The van der Waals surface area contributed by atoms with Gasteiger partial charge in [0.25, 0.3) is 0 Å². The summed E-state index contributed by atoms with van der Waals surface area (Å²) in [6.07, 6.45) is 43.6. The summed E-state index contributed by atoms with van der Waals surface area (Å²) < 4.78 is 22.5. The number of fused-ring (bicyclic) bond motifs is 14. The third-order valence-electron chi connectivity index (χ3n) is 39.2. The molecule has 13 aliphatic carbocycles. The Morgan fingerprint density at radius 2 is 0.905 bits per heavy atom. The third-order valence-corrected chi connectivity index (χ3v) is 39.2. The SMILES string of the molecule is C[C@]12CC=C3C=C4C(O)C(O)[C@@H](N5CC[C@@H](N)C5)C(O)[C@]45CCC3(O5)[C@@H]1C[C@H]1C[C@]12c1ccc2ccccc2c1.C[C@]12CC=C3C=C4CC[C@@H](N5CC[C@@H](N)C5)[C@H](O)[C@]45CCC3(O5)[C@@H]1C[C@H]1C[C@]12c1ccc2ccncc2c1.C[C@]12CC=C3C=C4[C@H]5C[C@H]5[C@@H](N5CC[C@@H](N)C5)C[C@]45CCC3(O5)[C@@H]1C[C@H]1C[C@]12c1ccc2ccncc2c1. The third kappa shape index (κ3) is 8.82. The highest BCUT2D eigenvalue weighted by molar-refractivity contribution is 5.85. The lowest BCUT2D eigenvalue weighted by molar-refractivity contribution is -0.216. The lowest BCUT2D eigenvalue weighted by Crippen LogP contribution is -2.70. The first kappa shape index (κ1) is 71.6. The van der Waals surface area contributed by atoms with Gasteiger partial charge in [0.2, 0.25) is 0 Å². The molecule has 6 bridgehead atoms. The number of hydrogen-bond donors (Lipinski definition) is 7. The highest BCUT2D eigenvalue weighted by Crippen LogP contribution is 2.85. The van der Waals surface area contributed by atoms with Crippen molar-refractivity contribution in [2.75, 3.05) is 39.3 Å². The van der Waals surface area contributed by atoms with Crippen LogP contribution in [0.5, 0.6) is 0 Å². The van der Waals surface area contributed by atoms with Crippen LogP contribution in [0.2, 0.25) is 0 Å². The van der Waals surface area contributed by atoms with Crippen LogP contribution in [0, 0.1) is 63.6 Å². The number of nitrogens with two attached hydrogens (primary N) is 3. The molecule has 15 nitrogen and oxygen atoms in total. The summed E-state index contributed by atoms with van der Waals surface area (Å²) in [6, 6.07) is 35.3. The molecular formula is C101H118N8O7. The predicted octanol–water partition coefficient (Wildman–Crippen LogP) is 13.3. The van der Waals surface area contributed by atoms with Gasteiger partial charge in [-0.25, -0.2) is 0 Å². The summed E-state index contributed by atoms with van der Waals surface area (Å²) in [5, 5.41) is 54.5. The molecule has 0 radical (unpaired) electrons. The zero-order valence-electron chi connectivity index (χ0n) is 68.1. The van der Waals surface area contributed by atoms with Gasteiger partial charge in [-0.2, -0.15) is 0 Å². The van der Waals surface area contributed by atoms with Gasteiger partial charge in [-0.15, -0.1) is 0 Å². The number of likely N-dealkylation sites (tertiary alicyclic amines) is 3. The first-order chi connectivity index (χ1) is 56.1. The van der Waals surface area contributed by atoms with E-state index in [-0.39, 0.29) is 62.0 Å². The lowest BCUT2D eigenvalue weighted by Gasteiger charge is -2.58. The van der Waals surface area contributed by atoms with E-state index in [1.165, 1.54) is 125 Å². The number of pyridine rings is 2. The Morgan fingerprint density at radius 3 is 1.46 bits per heavy atom. The smallest absolute Gasteiger partial charge is 0.121 e. The van der Waals surface area contributed by atoms with E-state index in [0.717, 1.165) is 126 Å². The van der Waals surface area contributed by atoms with Crippen molar-refractivity contribution in [2.24, 2.45) is 80.8 Å². The minimum absolute atomic E-state index is 0.0147. The summed E-state index contributed by atoms with van der Waals surface area (Å²) in [4.78, 5) is 16.1. The largest absolute Gasteiger partial charge is 0.388 e. The second-order valence-electron chi connectivity index (χ2n) is 43.2. The van der Waals surface area contributed by atoms with Gasteiger partial charge in [0, 0.05) is 121 Å². The van der Waals surface area contributed by atoms with Crippen LogP contribution in [-0.2, 0) is 30.5 Å². The summed E-state index contributed by atoms with van der Waals surface area (Å²) in [5.41, 5.74) is 30.1. The first-order valence-electron chi connectivity index (χ1n) is 45.9. The van der Waals surface area contributed by atoms with E-state index in [4.69, 9.17) is 31.4 Å². The van der Waals surface area contributed by atoms with E-state index in [0.29, 0.717) is 59.7 Å². The molecule has 15 heteroatoms. The first-order valence-corrected chi connectivity index (χ1v) is 45.9. The maximum absolute atomic E-state index is 12.0. The van der Waals surface area contributed by atoms with Gasteiger partial charge >= 0.3 is 0 Å². The van der Waals surface area contributed by atoms with Crippen molar-refractivity contribution >= 4 is 32.3 Å². The molecule has 28 rings (SSSR count). The van der Waals surface area contributed by atoms with Crippen molar-refractivity contribution in [1.82, 2.24) is 24.7 Å².